The summed E-state index contributed by atoms with van der Waals surface area (Å²) in [5.41, 5.74) is -5.11. The van der Waals surface area contributed by atoms with Gasteiger partial charge in [0.15, 0.2) is 0 Å². The van der Waals surface area contributed by atoms with E-state index in [2.05, 4.69) is 25.6 Å². The van der Waals surface area contributed by atoms with E-state index in [0.717, 1.165) is 24.3 Å². The van der Waals surface area contributed by atoms with Crippen molar-refractivity contribution in [3.8, 4) is 0 Å². The second-order valence-electron chi connectivity index (χ2n) is 5.97. The largest absolute Gasteiger partial charge is 0.501 e. The van der Waals surface area contributed by atoms with Gasteiger partial charge in [-0.3, -0.25) is 4.39 Å². The average molecular weight is 517 g/mol. The van der Waals surface area contributed by atoms with Crippen molar-refractivity contribution in [1.29, 1.82) is 0 Å². The molecule has 2 heterocycles. The summed E-state index contributed by atoms with van der Waals surface area (Å²) in [5, 5.41) is 5.04. The third-order valence-corrected chi connectivity index (χ3v) is 5.10. The number of halogens is 7. The van der Waals surface area contributed by atoms with Crippen LogP contribution in [0.1, 0.15) is 20.8 Å². The molecule has 34 heavy (non-hydrogen) atoms. The number of rotatable bonds is 5. The zero-order valence-electron chi connectivity index (χ0n) is 18.1. The lowest BCUT2D eigenvalue weighted by Crippen LogP contribution is -2.23. The van der Waals surface area contributed by atoms with Crippen molar-refractivity contribution in [2.45, 2.75) is 37.4 Å². The van der Waals surface area contributed by atoms with E-state index >= 15 is 0 Å². The summed E-state index contributed by atoms with van der Waals surface area (Å²) in [7, 11) is -5.50. The Bertz CT molecular complexity index is 1140. The molecule has 0 radical (unpaired) electrons. The second-order valence-corrected chi connectivity index (χ2v) is 7.91. The van der Waals surface area contributed by atoms with Crippen LogP contribution in [-0.2, 0) is 9.84 Å². The molecular weight excluding hydrogens is 495 g/mol. The van der Waals surface area contributed by atoms with E-state index in [-0.39, 0.29) is 29.8 Å². The molecule has 3 aromatic rings. The van der Waals surface area contributed by atoms with Crippen LogP contribution >= 0.6 is 0 Å². The Balaban J connectivity index is 0.00000107. The first-order chi connectivity index (χ1) is 15.8. The lowest BCUT2D eigenvalue weighted by molar-refractivity contribution is -0.115. The number of aromatic amines is 1. The summed E-state index contributed by atoms with van der Waals surface area (Å²) in [4.78, 5) is 9.74. The van der Waals surface area contributed by atoms with Gasteiger partial charge < -0.3 is 15.6 Å². The minimum absolute atomic E-state index is 0.118. The summed E-state index contributed by atoms with van der Waals surface area (Å²) in [5.74, 6) is -0.275. The van der Waals surface area contributed by atoms with Crippen LogP contribution in [-0.4, -0.2) is 48.3 Å². The number of sulfone groups is 1. The molecule has 0 fully saturated rings. The first-order valence-electron chi connectivity index (χ1n) is 9.68. The van der Waals surface area contributed by atoms with Gasteiger partial charge in [0, 0.05) is 11.9 Å². The highest BCUT2D eigenvalue weighted by Crippen LogP contribution is 2.31. The van der Waals surface area contributed by atoms with Gasteiger partial charge in [0.2, 0.25) is 5.95 Å². The van der Waals surface area contributed by atoms with Gasteiger partial charge in [0.05, 0.1) is 17.0 Å². The summed E-state index contributed by atoms with van der Waals surface area (Å²) in [6.45, 7) is 3.87. The molecule has 3 N–H and O–H groups in total. The van der Waals surface area contributed by atoms with Crippen LogP contribution in [0.3, 0.4) is 0 Å². The molecule has 0 aliphatic heterocycles. The molecule has 0 aliphatic rings. The molecule has 0 unspecified atom stereocenters. The van der Waals surface area contributed by atoms with Crippen molar-refractivity contribution in [3.63, 3.8) is 0 Å². The van der Waals surface area contributed by atoms with Crippen molar-refractivity contribution in [3.05, 3.63) is 36.5 Å². The number of nitrogens with one attached hydrogen (secondary N) is 3. The molecule has 0 bridgehead atoms. The minimum atomic E-state index is -5.50. The Labute approximate surface area is 190 Å². The predicted molar refractivity (Wildman–Crippen MR) is 114 cm³/mol. The number of anilines is 3. The number of hydrogen-bond acceptors (Lipinski definition) is 6. The summed E-state index contributed by atoms with van der Waals surface area (Å²) in [6, 6.07) is 5.03. The fourth-order valence-corrected chi connectivity index (χ4v) is 3.06. The quantitative estimate of drug-likeness (QED) is 0.361. The smallest absolute Gasteiger partial charge is 0.360 e. The van der Waals surface area contributed by atoms with E-state index in [0.29, 0.717) is 5.39 Å². The molecule has 0 saturated carbocycles. The van der Waals surface area contributed by atoms with E-state index in [4.69, 9.17) is 0 Å². The maximum atomic E-state index is 12.6. The number of aromatic nitrogens is 3. The molecule has 2 aromatic heterocycles. The lowest BCUT2D eigenvalue weighted by Gasteiger charge is -2.12. The Morgan fingerprint density at radius 2 is 1.53 bits per heavy atom. The first-order valence-corrected chi connectivity index (χ1v) is 11.2. The summed E-state index contributed by atoms with van der Waals surface area (Å²) >= 11 is 0. The van der Waals surface area contributed by atoms with E-state index in [1.807, 2.05) is 13.8 Å². The monoisotopic (exact) mass is 517 g/mol. The Morgan fingerprint density at radius 1 is 0.971 bits per heavy atom. The van der Waals surface area contributed by atoms with E-state index in [9.17, 15) is 39.2 Å². The number of hydrogen-bond donors (Lipinski definition) is 3. The minimum Gasteiger partial charge on any atom is -0.360 e. The number of fused-ring (bicyclic) bond motifs is 1. The summed E-state index contributed by atoms with van der Waals surface area (Å²) < 4.78 is 108. The van der Waals surface area contributed by atoms with Gasteiger partial charge in [0.1, 0.15) is 18.0 Å². The van der Waals surface area contributed by atoms with Crippen LogP contribution < -0.4 is 10.6 Å². The molecule has 0 aliphatic carbocycles. The van der Waals surface area contributed by atoms with Crippen LogP contribution in [0, 0.1) is 0 Å². The standard InChI is InChI=1S/C15H11F6N5O2S.C2H5F.C2H6/c16-14(17,18)7-23-12-10-5-6-22-11(10)25-13(26-12)24-8-1-3-9(4-2-8)29(27,28)15(19,20)21;1-2-3;1-2/h1-6H,7H2,(H3,22,23,24,25,26);2H2,1H3;1-2H3. The third kappa shape index (κ3) is 7.74. The van der Waals surface area contributed by atoms with Crippen LogP contribution in [0.5, 0.6) is 0 Å². The summed E-state index contributed by atoms with van der Waals surface area (Å²) in [6.07, 6.45) is -3.04. The molecule has 7 nitrogen and oxygen atoms in total. The molecule has 190 valence electrons. The van der Waals surface area contributed by atoms with Crippen LogP contribution in [0.2, 0.25) is 0 Å². The molecule has 0 atom stereocenters. The molecule has 0 spiro atoms. The average Bonchev–Trinajstić information content (AvgIpc) is 3.22. The fraction of sp³-hybridized carbons (Fsp3) is 0.368. The molecule has 0 saturated heterocycles. The van der Waals surface area contributed by atoms with E-state index < -0.39 is 33.0 Å². The molecular formula is C19H22F7N5O2S. The highest BCUT2D eigenvalue weighted by Gasteiger charge is 2.46. The number of nitrogens with zero attached hydrogens (tertiary/aromatic N) is 2. The molecule has 1 aromatic carbocycles. The zero-order chi connectivity index (χ0) is 26.2. The molecule has 3 rings (SSSR count). The Kier molecular flexibility index (Phi) is 10.1. The SMILES string of the molecule is CC.CCF.O=S(=O)(c1ccc(Nc2nc(NCC(F)(F)F)c3cc[nH]c3n2)cc1)C(F)(F)F. The second kappa shape index (κ2) is 11.9. The van der Waals surface area contributed by atoms with Crippen molar-refractivity contribution in [1.82, 2.24) is 15.0 Å². The van der Waals surface area contributed by atoms with E-state index in [1.54, 1.807) is 0 Å². The van der Waals surface area contributed by atoms with Gasteiger partial charge >= 0.3 is 11.7 Å². The van der Waals surface area contributed by atoms with Crippen molar-refractivity contribution in [2.75, 3.05) is 23.9 Å². The van der Waals surface area contributed by atoms with Gasteiger partial charge in [-0.05, 0) is 37.3 Å². The van der Waals surface area contributed by atoms with Crippen molar-refractivity contribution >= 4 is 38.3 Å². The highest BCUT2D eigenvalue weighted by molar-refractivity contribution is 7.92. The highest BCUT2D eigenvalue weighted by atomic mass is 32.2. The van der Waals surface area contributed by atoms with Crippen molar-refractivity contribution < 1.29 is 39.2 Å². The Hall–Kier alpha value is -3.10. The fourth-order valence-electron chi connectivity index (χ4n) is 2.30. The number of benzene rings is 1. The van der Waals surface area contributed by atoms with Crippen LogP contribution in [0.15, 0.2) is 41.4 Å². The topological polar surface area (TPSA) is 99.8 Å². The van der Waals surface area contributed by atoms with Crippen LogP contribution in [0.25, 0.3) is 11.0 Å². The van der Waals surface area contributed by atoms with Gasteiger partial charge in [-0.1, -0.05) is 13.8 Å². The lowest BCUT2D eigenvalue weighted by atomic mass is 10.3. The van der Waals surface area contributed by atoms with Gasteiger partial charge in [-0.2, -0.15) is 36.3 Å². The van der Waals surface area contributed by atoms with Crippen molar-refractivity contribution in [2.24, 2.45) is 0 Å². The third-order valence-electron chi connectivity index (χ3n) is 3.60. The molecule has 15 heteroatoms. The Morgan fingerprint density at radius 3 is 2.03 bits per heavy atom. The van der Waals surface area contributed by atoms with E-state index in [1.165, 1.54) is 19.2 Å². The van der Waals surface area contributed by atoms with Gasteiger partial charge in [-0.25, -0.2) is 8.42 Å². The number of alkyl halides is 7. The van der Waals surface area contributed by atoms with Gasteiger partial charge in [0.25, 0.3) is 9.84 Å². The van der Waals surface area contributed by atoms with Gasteiger partial charge in [-0.15, -0.1) is 0 Å². The molecule has 0 amide bonds. The normalized spacial score (nSPS) is 11.7. The maximum Gasteiger partial charge on any atom is 0.501 e. The van der Waals surface area contributed by atoms with Crippen LogP contribution in [0.4, 0.5) is 48.2 Å². The zero-order valence-corrected chi connectivity index (χ0v) is 19.0. The predicted octanol–water partition coefficient (Wildman–Crippen LogP) is 5.97. The maximum absolute atomic E-state index is 12.6. The number of H-pyrrole nitrogens is 1. The first kappa shape index (κ1) is 28.9.